The van der Waals surface area contributed by atoms with Gasteiger partial charge in [-0.1, -0.05) is 18.7 Å². The molecule has 2 heterocycles. The molecule has 4 nitrogen and oxygen atoms in total. The highest BCUT2D eigenvalue weighted by molar-refractivity contribution is 7.99. The van der Waals surface area contributed by atoms with Crippen LogP contribution in [0.5, 0.6) is 0 Å². The summed E-state index contributed by atoms with van der Waals surface area (Å²) < 4.78 is 5.54. The van der Waals surface area contributed by atoms with Crippen LogP contribution in [0.25, 0.3) is 0 Å². The number of nitrogens with one attached hydrogen (secondary N) is 1. The molecule has 0 radical (unpaired) electrons. The topological polar surface area (TPSA) is 47.0 Å². The average molecular weight is 253 g/mol. The summed E-state index contributed by atoms with van der Waals surface area (Å²) in [5, 5.41) is 4.76. The van der Waals surface area contributed by atoms with Gasteiger partial charge in [0.1, 0.15) is 0 Å². The molecule has 0 spiro atoms. The van der Waals surface area contributed by atoms with E-state index in [1.54, 1.807) is 11.8 Å². The standard InChI is InChI=1S/C12H19N3OS/c1-3-13-10-4-5-16-8-11(10)17-12-14-6-9(2)7-15-12/h6-7,10-11,13H,3-5,8H2,1-2H3. The predicted octanol–water partition coefficient (Wildman–Crippen LogP) is 1.64. The monoisotopic (exact) mass is 253 g/mol. The molecule has 94 valence electrons. The van der Waals surface area contributed by atoms with Crippen LogP contribution in [-0.2, 0) is 4.74 Å². The third-order valence-electron chi connectivity index (χ3n) is 2.78. The second-order valence-electron chi connectivity index (χ2n) is 4.23. The zero-order valence-corrected chi connectivity index (χ0v) is 11.2. The van der Waals surface area contributed by atoms with Gasteiger partial charge in [-0.3, -0.25) is 0 Å². The summed E-state index contributed by atoms with van der Waals surface area (Å²) in [6.45, 7) is 6.76. The summed E-state index contributed by atoms with van der Waals surface area (Å²) in [5.41, 5.74) is 1.09. The number of ether oxygens (including phenoxy) is 1. The number of hydrogen-bond donors (Lipinski definition) is 1. The van der Waals surface area contributed by atoms with E-state index in [1.165, 1.54) is 0 Å². The minimum absolute atomic E-state index is 0.409. The number of aryl methyl sites for hydroxylation is 1. The van der Waals surface area contributed by atoms with E-state index in [2.05, 4.69) is 22.2 Å². The van der Waals surface area contributed by atoms with Crippen LogP contribution < -0.4 is 5.32 Å². The summed E-state index contributed by atoms with van der Waals surface area (Å²) >= 11 is 1.71. The number of hydrogen-bond acceptors (Lipinski definition) is 5. The van der Waals surface area contributed by atoms with Crippen molar-refractivity contribution in [2.24, 2.45) is 0 Å². The molecule has 2 atom stereocenters. The van der Waals surface area contributed by atoms with Crippen LogP contribution in [0.1, 0.15) is 18.9 Å². The van der Waals surface area contributed by atoms with E-state index >= 15 is 0 Å². The Balaban J connectivity index is 1.97. The normalized spacial score (nSPS) is 24.8. The molecule has 5 heteroatoms. The molecule has 1 aliphatic rings. The third kappa shape index (κ3) is 3.66. The fourth-order valence-electron chi connectivity index (χ4n) is 1.90. The maximum absolute atomic E-state index is 5.54. The third-order valence-corrected chi connectivity index (χ3v) is 3.97. The Bertz CT molecular complexity index is 342. The van der Waals surface area contributed by atoms with E-state index in [-0.39, 0.29) is 0 Å². The Morgan fingerprint density at radius 2 is 2.24 bits per heavy atom. The van der Waals surface area contributed by atoms with Crippen LogP contribution in [0.4, 0.5) is 0 Å². The van der Waals surface area contributed by atoms with Crippen LogP contribution in [-0.4, -0.2) is 41.0 Å². The first-order chi connectivity index (χ1) is 8.29. The quantitative estimate of drug-likeness (QED) is 0.827. The molecular formula is C12H19N3OS. The molecule has 1 saturated heterocycles. The molecule has 2 rings (SSSR count). The van der Waals surface area contributed by atoms with Crippen molar-refractivity contribution >= 4 is 11.8 Å². The highest BCUT2D eigenvalue weighted by atomic mass is 32.2. The molecule has 0 aromatic carbocycles. The molecule has 0 bridgehead atoms. The van der Waals surface area contributed by atoms with Crippen molar-refractivity contribution in [2.45, 2.75) is 36.7 Å². The van der Waals surface area contributed by atoms with Crippen LogP contribution >= 0.6 is 11.8 Å². The van der Waals surface area contributed by atoms with Crippen molar-refractivity contribution in [3.63, 3.8) is 0 Å². The molecule has 1 fully saturated rings. The molecule has 1 aliphatic heterocycles. The van der Waals surface area contributed by atoms with Gasteiger partial charge < -0.3 is 10.1 Å². The largest absolute Gasteiger partial charge is 0.380 e. The Morgan fingerprint density at radius 1 is 1.47 bits per heavy atom. The summed E-state index contributed by atoms with van der Waals surface area (Å²) in [7, 11) is 0. The molecule has 0 saturated carbocycles. The van der Waals surface area contributed by atoms with Crippen LogP contribution in [0.3, 0.4) is 0 Å². The minimum atomic E-state index is 0.409. The molecule has 1 aromatic heterocycles. The smallest absolute Gasteiger partial charge is 0.187 e. The van der Waals surface area contributed by atoms with Gasteiger partial charge in [0.25, 0.3) is 0 Å². The van der Waals surface area contributed by atoms with Gasteiger partial charge in [0, 0.05) is 25.0 Å². The first-order valence-corrected chi connectivity index (χ1v) is 6.94. The number of nitrogens with zero attached hydrogens (tertiary/aromatic N) is 2. The van der Waals surface area contributed by atoms with Crippen molar-refractivity contribution in [1.29, 1.82) is 0 Å². The highest BCUT2D eigenvalue weighted by Crippen LogP contribution is 2.26. The van der Waals surface area contributed by atoms with Gasteiger partial charge in [0.15, 0.2) is 5.16 Å². The summed E-state index contributed by atoms with van der Waals surface area (Å²) in [6, 6.07) is 0.503. The SMILES string of the molecule is CCNC1CCOCC1Sc1ncc(C)cn1. The maximum Gasteiger partial charge on any atom is 0.187 e. The number of thioether (sulfide) groups is 1. The summed E-state index contributed by atoms with van der Waals surface area (Å²) in [6.07, 6.45) is 4.79. The van der Waals surface area contributed by atoms with E-state index in [0.717, 1.165) is 36.9 Å². The van der Waals surface area contributed by atoms with E-state index < -0.39 is 0 Å². The van der Waals surface area contributed by atoms with Gasteiger partial charge in [-0.2, -0.15) is 0 Å². The summed E-state index contributed by atoms with van der Waals surface area (Å²) in [5.74, 6) is 0. The Kier molecular flexibility index (Phi) is 4.76. The molecule has 0 aliphatic carbocycles. The van der Waals surface area contributed by atoms with Gasteiger partial charge >= 0.3 is 0 Å². The molecule has 1 aromatic rings. The molecule has 1 N–H and O–H groups in total. The average Bonchev–Trinajstić information content (AvgIpc) is 2.35. The van der Waals surface area contributed by atoms with Crippen LogP contribution in [0.15, 0.2) is 17.6 Å². The Labute approximate surface area is 107 Å². The molecule has 17 heavy (non-hydrogen) atoms. The zero-order valence-electron chi connectivity index (χ0n) is 10.3. The fourth-order valence-corrected chi connectivity index (χ4v) is 2.96. The van der Waals surface area contributed by atoms with Gasteiger partial charge in [-0.15, -0.1) is 0 Å². The van der Waals surface area contributed by atoms with E-state index in [4.69, 9.17) is 4.74 Å². The fraction of sp³-hybridized carbons (Fsp3) is 0.667. The molecular weight excluding hydrogens is 234 g/mol. The van der Waals surface area contributed by atoms with Gasteiger partial charge in [0.05, 0.1) is 11.9 Å². The van der Waals surface area contributed by atoms with Crippen LogP contribution in [0, 0.1) is 6.92 Å². The Hall–Kier alpha value is -0.650. The lowest BCUT2D eigenvalue weighted by Crippen LogP contribution is -2.44. The van der Waals surface area contributed by atoms with Crippen LogP contribution in [0.2, 0.25) is 0 Å². The molecule has 2 unspecified atom stereocenters. The van der Waals surface area contributed by atoms with E-state index in [9.17, 15) is 0 Å². The predicted molar refractivity (Wildman–Crippen MR) is 69.3 cm³/mol. The second-order valence-corrected chi connectivity index (χ2v) is 5.43. The highest BCUT2D eigenvalue weighted by Gasteiger charge is 2.26. The van der Waals surface area contributed by atoms with Gasteiger partial charge in [-0.05, 0) is 25.5 Å². The van der Waals surface area contributed by atoms with Crippen molar-refractivity contribution < 1.29 is 4.74 Å². The van der Waals surface area contributed by atoms with E-state index in [1.807, 2.05) is 19.3 Å². The lowest BCUT2D eigenvalue weighted by molar-refractivity contribution is 0.0836. The zero-order chi connectivity index (χ0) is 12.1. The van der Waals surface area contributed by atoms with Crippen molar-refractivity contribution in [3.05, 3.63) is 18.0 Å². The lowest BCUT2D eigenvalue weighted by atomic mass is 10.1. The minimum Gasteiger partial charge on any atom is -0.380 e. The van der Waals surface area contributed by atoms with E-state index in [0.29, 0.717) is 11.3 Å². The lowest BCUT2D eigenvalue weighted by Gasteiger charge is -2.31. The second kappa shape index (κ2) is 6.33. The van der Waals surface area contributed by atoms with Gasteiger partial charge in [-0.25, -0.2) is 9.97 Å². The number of aromatic nitrogens is 2. The first kappa shape index (κ1) is 12.8. The number of rotatable bonds is 4. The summed E-state index contributed by atoms with van der Waals surface area (Å²) in [4.78, 5) is 8.67. The van der Waals surface area contributed by atoms with Crippen molar-refractivity contribution in [3.8, 4) is 0 Å². The first-order valence-electron chi connectivity index (χ1n) is 6.06. The molecule has 0 amide bonds. The maximum atomic E-state index is 5.54. The van der Waals surface area contributed by atoms with Crippen molar-refractivity contribution in [2.75, 3.05) is 19.8 Å². The Morgan fingerprint density at radius 3 is 2.94 bits per heavy atom. The van der Waals surface area contributed by atoms with Crippen molar-refractivity contribution in [1.82, 2.24) is 15.3 Å². The van der Waals surface area contributed by atoms with Gasteiger partial charge in [0.2, 0.25) is 0 Å².